The molecular formula is C23H44N4O6. The van der Waals surface area contributed by atoms with Gasteiger partial charge >= 0.3 is 0 Å². The summed E-state index contributed by atoms with van der Waals surface area (Å²) in [6.07, 6.45) is 1.05. The SMILES string of the molecule is COC(C)(C)CC(C)(C)NC(=O)CNC(=O)CNC(=O)CNC(=O)C(C)(C)CC(C)(C)OC. The van der Waals surface area contributed by atoms with Gasteiger partial charge in [-0.1, -0.05) is 13.8 Å². The van der Waals surface area contributed by atoms with E-state index in [2.05, 4.69) is 21.3 Å². The minimum Gasteiger partial charge on any atom is -0.379 e. The Morgan fingerprint density at radius 3 is 1.45 bits per heavy atom. The monoisotopic (exact) mass is 472 g/mol. The maximum Gasteiger partial charge on any atom is 0.239 e. The fourth-order valence-corrected chi connectivity index (χ4v) is 3.70. The van der Waals surface area contributed by atoms with Crippen LogP contribution in [0, 0.1) is 5.41 Å². The molecule has 0 rings (SSSR count). The zero-order valence-corrected chi connectivity index (χ0v) is 22.0. The van der Waals surface area contributed by atoms with Crippen LogP contribution < -0.4 is 21.3 Å². The second-order valence-corrected chi connectivity index (χ2v) is 10.8. The molecule has 192 valence electrons. The average molecular weight is 473 g/mol. The lowest BCUT2D eigenvalue weighted by molar-refractivity contribution is -0.135. The number of ether oxygens (including phenoxy) is 2. The fraction of sp³-hybridized carbons (Fsp3) is 0.826. The number of amides is 4. The van der Waals surface area contributed by atoms with Crippen molar-refractivity contribution >= 4 is 23.6 Å². The Balaban J connectivity index is 4.36. The number of nitrogens with one attached hydrogen (secondary N) is 4. The molecule has 0 saturated carbocycles. The van der Waals surface area contributed by atoms with Crippen molar-refractivity contribution in [3.63, 3.8) is 0 Å². The summed E-state index contributed by atoms with van der Waals surface area (Å²) in [5.41, 5.74) is -2.16. The third kappa shape index (κ3) is 13.2. The van der Waals surface area contributed by atoms with Crippen LogP contribution in [0.3, 0.4) is 0 Å². The Kier molecular flexibility index (Phi) is 11.5. The molecule has 0 aliphatic carbocycles. The molecule has 0 unspecified atom stereocenters. The summed E-state index contributed by atoms with van der Waals surface area (Å²) in [5.74, 6) is -1.65. The second kappa shape index (κ2) is 12.3. The first-order valence-corrected chi connectivity index (χ1v) is 11.1. The van der Waals surface area contributed by atoms with Crippen LogP contribution in [0.15, 0.2) is 0 Å². The van der Waals surface area contributed by atoms with Gasteiger partial charge in [0.2, 0.25) is 23.6 Å². The highest BCUT2D eigenvalue weighted by atomic mass is 16.5. The maximum absolute atomic E-state index is 12.4. The van der Waals surface area contributed by atoms with Gasteiger partial charge < -0.3 is 30.7 Å². The molecule has 33 heavy (non-hydrogen) atoms. The summed E-state index contributed by atoms with van der Waals surface area (Å²) >= 11 is 0. The molecule has 0 saturated heterocycles. The van der Waals surface area contributed by atoms with Gasteiger partial charge in [-0.05, 0) is 54.4 Å². The van der Waals surface area contributed by atoms with Crippen molar-refractivity contribution < 1.29 is 28.7 Å². The van der Waals surface area contributed by atoms with Crippen LogP contribution in [-0.2, 0) is 28.7 Å². The molecule has 0 bridgehead atoms. The number of methoxy groups -OCH3 is 2. The Hall–Kier alpha value is -2.20. The second-order valence-electron chi connectivity index (χ2n) is 10.8. The predicted molar refractivity (Wildman–Crippen MR) is 126 cm³/mol. The van der Waals surface area contributed by atoms with Crippen molar-refractivity contribution in [1.29, 1.82) is 0 Å². The molecule has 0 aliphatic rings. The molecule has 4 N–H and O–H groups in total. The van der Waals surface area contributed by atoms with Crippen LogP contribution in [0.2, 0.25) is 0 Å². The molecule has 0 spiro atoms. The van der Waals surface area contributed by atoms with E-state index in [1.807, 2.05) is 41.5 Å². The van der Waals surface area contributed by atoms with Gasteiger partial charge in [0.25, 0.3) is 0 Å². The zero-order valence-electron chi connectivity index (χ0n) is 22.0. The van der Waals surface area contributed by atoms with Crippen molar-refractivity contribution in [1.82, 2.24) is 21.3 Å². The molecular weight excluding hydrogens is 428 g/mol. The number of carbonyl (C=O) groups is 4. The molecule has 0 heterocycles. The zero-order chi connectivity index (χ0) is 26.1. The number of hydrogen-bond acceptors (Lipinski definition) is 6. The maximum atomic E-state index is 12.4. The lowest BCUT2D eigenvalue weighted by atomic mass is 9.81. The van der Waals surface area contributed by atoms with E-state index < -0.39 is 34.0 Å². The topological polar surface area (TPSA) is 135 Å². The van der Waals surface area contributed by atoms with E-state index >= 15 is 0 Å². The third-order valence-electron chi connectivity index (χ3n) is 5.23. The molecule has 0 aliphatic heterocycles. The minimum absolute atomic E-state index is 0.217. The number of carbonyl (C=O) groups excluding carboxylic acids is 4. The molecule has 10 nitrogen and oxygen atoms in total. The van der Waals surface area contributed by atoms with Crippen molar-refractivity contribution in [2.45, 2.75) is 85.0 Å². The molecule has 0 atom stereocenters. The van der Waals surface area contributed by atoms with Gasteiger partial charge in [-0.25, -0.2) is 0 Å². The Bertz CT molecular complexity index is 701. The summed E-state index contributed by atoms with van der Waals surface area (Å²) < 4.78 is 10.8. The van der Waals surface area contributed by atoms with E-state index in [4.69, 9.17) is 9.47 Å². The van der Waals surface area contributed by atoms with E-state index in [0.29, 0.717) is 12.8 Å². The van der Waals surface area contributed by atoms with E-state index in [-0.39, 0.29) is 31.4 Å². The van der Waals surface area contributed by atoms with Crippen LogP contribution in [0.1, 0.15) is 68.2 Å². The van der Waals surface area contributed by atoms with Crippen LogP contribution in [-0.4, -0.2) is 74.2 Å². The highest BCUT2D eigenvalue weighted by Crippen LogP contribution is 2.29. The van der Waals surface area contributed by atoms with Gasteiger partial charge in [0.15, 0.2) is 0 Å². The summed E-state index contributed by atoms with van der Waals surface area (Å²) in [5, 5.41) is 10.3. The van der Waals surface area contributed by atoms with Crippen molar-refractivity contribution in [3.8, 4) is 0 Å². The van der Waals surface area contributed by atoms with Crippen LogP contribution >= 0.6 is 0 Å². The van der Waals surface area contributed by atoms with Gasteiger partial charge in [0.1, 0.15) is 0 Å². The standard InChI is InChI=1S/C23H44N4O6/c1-20(2,14-22(5,6)32-9)19(31)26-12-17(29)24-11-16(28)25-13-18(30)27-21(3,4)15-23(7,8)33-10/h11-15H2,1-10H3,(H,24,29)(H,25,28)(H,26,31)(H,27,30). The van der Waals surface area contributed by atoms with Gasteiger partial charge in [-0.2, -0.15) is 0 Å². The lowest BCUT2D eigenvalue weighted by Gasteiger charge is -2.34. The minimum atomic E-state index is -0.739. The molecule has 0 aromatic heterocycles. The molecule has 0 aromatic carbocycles. The molecule has 0 aromatic rings. The Morgan fingerprint density at radius 2 is 1.00 bits per heavy atom. The Labute approximate surface area is 198 Å². The molecule has 0 fully saturated rings. The largest absolute Gasteiger partial charge is 0.379 e. The van der Waals surface area contributed by atoms with Crippen LogP contribution in [0.25, 0.3) is 0 Å². The van der Waals surface area contributed by atoms with Crippen molar-refractivity contribution in [2.75, 3.05) is 33.9 Å². The van der Waals surface area contributed by atoms with E-state index in [9.17, 15) is 19.2 Å². The predicted octanol–water partition coefficient (Wildman–Crippen LogP) is 0.886. The van der Waals surface area contributed by atoms with E-state index in [0.717, 1.165) is 0 Å². The van der Waals surface area contributed by atoms with Gasteiger partial charge in [0.05, 0.1) is 30.8 Å². The Morgan fingerprint density at radius 1 is 0.606 bits per heavy atom. The van der Waals surface area contributed by atoms with E-state index in [1.54, 1.807) is 28.1 Å². The summed E-state index contributed by atoms with van der Waals surface area (Å²) in [4.78, 5) is 48.5. The summed E-state index contributed by atoms with van der Waals surface area (Å²) in [7, 11) is 3.19. The van der Waals surface area contributed by atoms with Gasteiger partial charge in [-0.15, -0.1) is 0 Å². The normalized spacial score (nSPS) is 12.7. The van der Waals surface area contributed by atoms with E-state index in [1.165, 1.54) is 0 Å². The highest BCUT2D eigenvalue weighted by molar-refractivity contribution is 5.90. The molecule has 10 heteroatoms. The first-order valence-electron chi connectivity index (χ1n) is 11.1. The summed E-state index contributed by atoms with van der Waals surface area (Å²) in [6, 6.07) is 0. The number of rotatable bonds is 14. The lowest BCUT2D eigenvalue weighted by Crippen LogP contribution is -2.51. The highest BCUT2D eigenvalue weighted by Gasteiger charge is 2.35. The molecule has 4 amide bonds. The fourth-order valence-electron chi connectivity index (χ4n) is 3.70. The number of hydrogen-bond donors (Lipinski definition) is 4. The smallest absolute Gasteiger partial charge is 0.239 e. The van der Waals surface area contributed by atoms with Crippen LogP contribution in [0.4, 0.5) is 0 Å². The first-order chi connectivity index (χ1) is 14.8. The summed E-state index contributed by atoms with van der Waals surface area (Å²) in [6.45, 7) is 14.1. The third-order valence-corrected chi connectivity index (χ3v) is 5.23. The molecule has 0 radical (unpaired) electrons. The first kappa shape index (κ1) is 30.8. The van der Waals surface area contributed by atoms with Crippen molar-refractivity contribution in [2.24, 2.45) is 5.41 Å². The van der Waals surface area contributed by atoms with Crippen molar-refractivity contribution in [3.05, 3.63) is 0 Å². The van der Waals surface area contributed by atoms with Gasteiger partial charge in [-0.3, -0.25) is 19.2 Å². The average Bonchev–Trinajstić information content (AvgIpc) is 2.66. The van der Waals surface area contributed by atoms with Crippen LogP contribution in [0.5, 0.6) is 0 Å². The quantitative estimate of drug-likeness (QED) is 0.297. The van der Waals surface area contributed by atoms with Gasteiger partial charge in [0, 0.05) is 25.2 Å².